The third-order valence-electron chi connectivity index (χ3n) is 4.53. The van der Waals surface area contributed by atoms with E-state index in [2.05, 4.69) is 0 Å². The summed E-state index contributed by atoms with van der Waals surface area (Å²) in [7, 11) is 0. The number of para-hydroxylation sites is 2. The molecule has 1 aliphatic heterocycles. The Labute approximate surface area is 154 Å². The number of urea groups is 1. The van der Waals surface area contributed by atoms with Gasteiger partial charge in [0.15, 0.2) is 0 Å². The molecule has 26 heavy (non-hydrogen) atoms. The minimum atomic E-state index is -0.249. The van der Waals surface area contributed by atoms with E-state index in [1.165, 1.54) is 0 Å². The van der Waals surface area contributed by atoms with Gasteiger partial charge < -0.3 is 9.64 Å². The molecule has 136 valence electrons. The standard InChI is InChI=1S/C21H24N2O3/c1-2-26-20(24)17-10-9-15-22(16-17)21(25)23(18-11-5-3-6-12-18)19-13-7-4-8-14-19/h3-8,11-14,17H,2,9-10,15-16H2,1H3. The summed E-state index contributed by atoms with van der Waals surface area (Å²) in [5, 5.41) is 0. The van der Waals surface area contributed by atoms with E-state index in [0.29, 0.717) is 19.7 Å². The smallest absolute Gasteiger partial charge is 0.329 e. The Morgan fingerprint density at radius 2 is 1.62 bits per heavy atom. The molecule has 0 aromatic heterocycles. The molecule has 2 amide bonds. The Hall–Kier alpha value is -2.82. The van der Waals surface area contributed by atoms with Gasteiger partial charge in [-0.3, -0.25) is 9.69 Å². The van der Waals surface area contributed by atoms with Gasteiger partial charge in [0.2, 0.25) is 0 Å². The molecule has 0 aliphatic carbocycles. The van der Waals surface area contributed by atoms with Crippen LogP contribution < -0.4 is 4.90 Å². The molecule has 1 heterocycles. The van der Waals surface area contributed by atoms with Crippen LogP contribution in [-0.2, 0) is 9.53 Å². The minimum Gasteiger partial charge on any atom is -0.466 e. The van der Waals surface area contributed by atoms with Gasteiger partial charge in [0.05, 0.1) is 23.9 Å². The topological polar surface area (TPSA) is 49.9 Å². The second kappa shape index (κ2) is 8.52. The number of amides is 2. The van der Waals surface area contributed by atoms with Crippen molar-refractivity contribution >= 4 is 23.4 Å². The SMILES string of the molecule is CCOC(=O)C1CCCN(C(=O)N(c2ccccc2)c2ccccc2)C1. The van der Waals surface area contributed by atoms with Gasteiger partial charge in [-0.15, -0.1) is 0 Å². The van der Waals surface area contributed by atoms with E-state index in [9.17, 15) is 9.59 Å². The van der Waals surface area contributed by atoms with Crippen LogP contribution in [0.25, 0.3) is 0 Å². The van der Waals surface area contributed by atoms with Crippen LogP contribution in [0.4, 0.5) is 16.2 Å². The summed E-state index contributed by atoms with van der Waals surface area (Å²) in [5.74, 6) is -0.461. The van der Waals surface area contributed by atoms with Crippen molar-refractivity contribution in [2.24, 2.45) is 5.92 Å². The molecular weight excluding hydrogens is 328 g/mol. The summed E-state index contributed by atoms with van der Waals surface area (Å²) in [5.41, 5.74) is 1.61. The van der Waals surface area contributed by atoms with Gasteiger partial charge in [-0.05, 0) is 44.0 Å². The lowest BCUT2D eigenvalue weighted by atomic mass is 9.98. The quantitative estimate of drug-likeness (QED) is 0.774. The van der Waals surface area contributed by atoms with Crippen LogP contribution in [0.3, 0.4) is 0 Å². The summed E-state index contributed by atoms with van der Waals surface area (Å²) in [6, 6.07) is 19.0. The molecule has 0 bridgehead atoms. The van der Waals surface area contributed by atoms with Gasteiger partial charge in [0.25, 0.3) is 0 Å². The van der Waals surface area contributed by atoms with Crippen molar-refractivity contribution in [1.82, 2.24) is 4.90 Å². The van der Waals surface area contributed by atoms with Crippen molar-refractivity contribution < 1.29 is 14.3 Å². The highest BCUT2D eigenvalue weighted by Crippen LogP contribution is 2.28. The first kappa shape index (κ1) is 18.0. The largest absolute Gasteiger partial charge is 0.466 e. The second-order valence-electron chi connectivity index (χ2n) is 6.33. The highest BCUT2D eigenvalue weighted by atomic mass is 16.5. The van der Waals surface area contributed by atoms with Crippen molar-refractivity contribution in [2.75, 3.05) is 24.6 Å². The van der Waals surface area contributed by atoms with Gasteiger partial charge in [0, 0.05) is 13.1 Å². The molecule has 0 spiro atoms. The Kier molecular flexibility index (Phi) is 5.89. The monoisotopic (exact) mass is 352 g/mol. The molecule has 0 radical (unpaired) electrons. The molecule has 1 aliphatic rings. The van der Waals surface area contributed by atoms with Crippen LogP contribution in [0, 0.1) is 5.92 Å². The molecule has 2 aromatic carbocycles. The Morgan fingerprint density at radius 1 is 1.04 bits per heavy atom. The predicted octanol–water partition coefficient (Wildman–Crippen LogP) is 4.22. The fourth-order valence-corrected chi connectivity index (χ4v) is 3.27. The number of carbonyl (C=O) groups excluding carboxylic acids is 2. The third-order valence-corrected chi connectivity index (χ3v) is 4.53. The molecule has 1 saturated heterocycles. The van der Waals surface area contributed by atoms with Crippen LogP contribution >= 0.6 is 0 Å². The van der Waals surface area contributed by atoms with Crippen LogP contribution in [0.15, 0.2) is 60.7 Å². The van der Waals surface area contributed by atoms with Gasteiger partial charge in [0.1, 0.15) is 0 Å². The van der Waals surface area contributed by atoms with E-state index in [1.54, 1.807) is 16.7 Å². The number of benzene rings is 2. The Balaban J connectivity index is 1.85. The molecule has 5 nitrogen and oxygen atoms in total. The molecule has 3 rings (SSSR count). The first-order valence-electron chi connectivity index (χ1n) is 9.06. The lowest BCUT2D eigenvalue weighted by Gasteiger charge is -2.35. The molecule has 5 heteroatoms. The molecule has 1 fully saturated rings. The summed E-state index contributed by atoms with van der Waals surface area (Å²) in [4.78, 5) is 28.9. The van der Waals surface area contributed by atoms with Crippen LogP contribution in [0.1, 0.15) is 19.8 Å². The zero-order valence-corrected chi connectivity index (χ0v) is 15.0. The summed E-state index contributed by atoms with van der Waals surface area (Å²) < 4.78 is 5.15. The summed E-state index contributed by atoms with van der Waals surface area (Å²) in [6.07, 6.45) is 1.56. The number of hydrogen-bond acceptors (Lipinski definition) is 3. The lowest BCUT2D eigenvalue weighted by Crippen LogP contribution is -2.47. The maximum atomic E-state index is 13.3. The fourth-order valence-electron chi connectivity index (χ4n) is 3.27. The lowest BCUT2D eigenvalue weighted by molar-refractivity contribution is -0.149. The molecule has 1 unspecified atom stereocenters. The average molecular weight is 352 g/mol. The number of likely N-dealkylation sites (tertiary alicyclic amines) is 1. The van der Waals surface area contributed by atoms with Crippen molar-refractivity contribution in [3.05, 3.63) is 60.7 Å². The number of rotatable bonds is 4. The van der Waals surface area contributed by atoms with E-state index >= 15 is 0 Å². The molecule has 1 atom stereocenters. The van der Waals surface area contributed by atoms with Crippen molar-refractivity contribution in [3.63, 3.8) is 0 Å². The number of anilines is 2. The Morgan fingerprint density at radius 3 is 2.15 bits per heavy atom. The first-order chi connectivity index (χ1) is 12.7. The van der Waals surface area contributed by atoms with Gasteiger partial charge in [-0.25, -0.2) is 4.79 Å². The maximum Gasteiger partial charge on any atom is 0.329 e. The number of hydrogen-bond donors (Lipinski definition) is 0. The van der Waals surface area contributed by atoms with E-state index in [4.69, 9.17) is 4.74 Å². The van der Waals surface area contributed by atoms with Gasteiger partial charge in [-0.2, -0.15) is 0 Å². The van der Waals surface area contributed by atoms with E-state index in [-0.39, 0.29) is 17.9 Å². The summed E-state index contributed by atoms with van der Waals surface area (Å²) >= 11 is 0. The molecular formula is C21H24N2O3. The number of carbonyl (C=O) groups is 2. The first-order valence-corrected chi connectivity index (χ1v) is 9.06. The highest BCUT2D eigenvalue weighted by Gasteiger charge is 2.32. The molecule has 0 saturated carbocycles. The van der Waals surface area contributed by atoms with E-state index in [1.807, 2.05) is 60.7 Å². The van der Waals surface area contributed by atoms with E-state index in [0.717, 1.165) is 24.2 Å². The normalized spacial score (nSPS) is 16.8. The fraction of sp³-hybridized carbons (Fsp3) is 0.333. The minimum absolute atomic E-state index is 0.114. The Bertz CT molecular complexity index is 694. The van der Waals surface area contributed by atoms with Crippen molar-refractivity contribution in [1.29, 1.82) is 0 Å². The van der Waals surface area contributed by atoms with Crippen LogP contribution in [0.2, 0.25) is 0 Å². The molecule has 2 aromatic rings. The third kappa shape index (κ3) is 4.04. The van der Waals surface area contributed by atoms with Crippen molar-refractivity contribution in [3.8, 4) is 0 Å². The van der Waals surface area contributed by atoms with Gasteiger partial charge in [-0.1, -0.05) is 36.4 Å². The highest BCUT2D eigenvalue weighted by molar-refractivity contribution is 5.99. The molecule has 0 N–H and O–H groups in total. The predicted molar refractivity (Wildman–Crippen MR) is 101 cm³/mol. The van der Waals surface area contributed by atoms with E-state index < -0.39 is 0 Å². The zero-order valence-electron chi connectivity index (χ0n) is 15.0. The average Bonchev–Trinajstić information content (AvgIpc) is 2.70. The number of ether oxygens (including phenoxy) is 1. The second-order valence-corrected chi connectivity index (χ2v) is 6.33. The van der Waals surface area contributed by atoms with Gasteiger partial charge >= 0.3 is 12.0 Å². The zero-order chi connectivity index (χ0) is 18.4. The van der Waals surface area contributed by atoms with Crippen LogP contribution in [-0.4, -0.2) is 36.6 Å². The summed E-state index contributed by atoms with van der Waals surface area (Å²) in [6.45, 7) is 3.21. The van der Waals surface area contributed by atoms with Crippen LogP contribution in [0.5, 0.6) is 0 Å². The number of nitrogens with zero attached hydrogens (tertiary/aromatic N) is 2. The number of esters is 1. The number of piperidine rings is 1. The van der Waals surface area contributed by atoms with Crippen molar-refractivity contribution in [2.45, 2.75) is 19.8 Å². The maximum absolute atomic E-state index is 13.3.